The van der Waals surface area contributed by atoms with Crippen LogP contribution in [0.1, 0.15) is 21.5 Å². The molecule has 0 bridgehead atoms. The van der Waals surface area contributed by atoms with Crippen LogP contribution in [0.25, 0.3) is 0 Å². The molecule has 5 nitrogen and oxygen atoms in total. The van der Waals surface area contributed by atoms with E-state index in [1.165, 1.54) is 17.7 Å². The number of carboxylic acids is 1. The van der Waals surface area contributed by atoms with E-state index in [1.54, 1.807) is 23.5 Å². The molecule has 0 aliphatic rings. The number of carbonyl (C=O) groups is 2. The van der Waals surface area contributed by atoms with E-state index in [4.69, 9.17) is 5.11 Å². The van der Waals surface area contributed by atoms with Crippen molar-refractivity contribution in [2.24, 2.45) is 0 Å². The first-order chi connectivity index (χ1) is 10.1. The quantitative estimate of drug-likeness (QED) is 0.767. The SMILES string of the molecule is O=C(NCCc1ccsc1)NCc1ccc(C(=O)O)cc1. The van der Waals surface area contributed by atoms with Gasteiger partial charge in [0, 0.05) is 13.1 Å². The van der Waals surface area contributed by atoms with E-state index in [-0.39, 0.29) is 11.6 Å². The monoisotopic (exact) mass is 304 g/mol. The molecule has 2 aromatic rings. The first kappa shape index (κ1) is 15.1. The second kappa shape index (κ2) is 7.44. The predicted molar refractivity (Wildman–Crippen MR) is 81.7 cm³/mol. The lowest BCUT2D eigenvalue weighted by Gasteiger charge is -2.07. The van der Waals surface area contributed by atoms with E-state index >= 15 is 0 Å². The molecule has 0 saturated carbocycles. The fourth-order valence-electron chi connectivity index (χ4n) is 1.77. The van der Waals surface area contributed by atoms with Gasteiger partial charge in [0.05, 0.1) is 5.56 Å². The Morgan fingerprint density at radius 3 is 2.43 bits per heavy atom. The summed E-state index contributed by atoms with van der Waals surface area (Å²) in [6, 6.07) is 8.23. The number of hydrogen-bond donors (Lipinski definition) is 3. The molecule has 0 aliphatic carbocycles. The second-order valence-electron chi connectivity index (χ2n) is 4.49. The van der Waals surface area contributed by atoms with Crippen LogP contribution in [0.3, 0.4) is 0 Å². The zero-order valence-corrected chi connectivity index (χ0v) is 12.2. The topological polar surface area (TPSA) is 78.4 Å². The summed E-state index contributed by atoms with van der Waals surface area (Å²) in [4.78, 5) is 22.3. The maximum atomic E-state index is 11.6. The number of urea groups is 1. The molecular weight excluding hydrogens is 288 g/mol. The average molecular weight is 304 g/mol. The molecule has 0 saturated heterocycles. The van der Waals surface area contributed by atoms with Crippen LogP contribution in [0.2, 0.25) is 0 Å². The third-order valence-corrected chi connectivity index (χ3v) is 3.67. The number of carbonyl (C=O) groups excluding carboxylic acids is 1. The highest BCUT2D eigenvalue weighted by atomic mass is 32.1. The van der Waals surface area contributed by atoms with Gasteiger partial charge in [-0.3, -0.25) is 0 Å². The van der Waals surface area contributed by atoms with Gasteiger partial charge in [-0.05, 0) is 46.5 Å². The number of benzene rings is 1. The van der Waals surface area contributed by atoms with Gasteiger partial charge in [-0.1, -0.05) is 12.1 Å². The summed E-state index contributed by atoms with van der Waals surface area (Å²) < 4.78 is 0. The van der Waals surface area contributed by atoms with Crippen LogP contribution in [-0.2, 0) is 13.0 Å². The molecule has 0 unspecified atom stereocenters. The van der Waals surface area contributed by atoms with Gasteiger partial charge in [-0.25, -0.2) is 9.59 Å². The summed E-state index contributed by atoms with van der Waals surface area (Å²) in [5.41, 5.74) is 2.30. The molecule has 0 aliphatic heterocycles. The summed E-state index contributed by atoms with van der Waals surface area (Å²) in [6.07, 6.45) is 0.810. The molecule has 0 fully saturated rings. The highest BCUT2D eigenvalue weighted by Gasteiger charge is 2.03. The number of aromatic carboxylic acids is 1. The van der Waals surface area contributed by atoms with Gasteiger partial charge in [0.1, 0.15) is 0 Å². The predicted octanol–water partition coefficient (Wildman–Crippen LogP) is 2.49. The van der Waals surface area contributed by atoms with Crippen LogP contribution >= 0.6 is 11.3 Å². The van der Waals surface area contributed by atoms with E-state index in [1.807, 2.05) is 11.4 Å². The number of thiophene rings is 1. The lowest BCUT2D eigenvalue weighted by atomic mass is 10.1. The van der Waals surface area contributed by atoms with E-state index in [0.29, 0.717) is 13.1 Å². The Morgan fingerprint density at radius 2 is 1.81 bits per heavy atom. The van der Waals surface area contributed by atoms with E-state index in [2.05, 4.69) is 16.0 Å². The second-order valence-corrected chi connectivity index (χ2v) is 5.27. The lowest BCUT2D eigenvalue weighted by molar-refractivity contribution is 0.0697. The van der Waals surface area contributed by atoms with Crippen LogP contribution in [0.5, 0.6) is 0 Å². The van der Waals surface area contributed by atoms with Crippen molar-refractivity contribution in [1.29, 1.82) is 0 Å². The number of amides is 2. The van der Waals surface area contributed by atoms with Gasteiger partial charge in [0.15, 0.2) is 0 Å². The van der Waals surface area contributed by atoms with Crippen molar-refractivity contribution in [2.75, 3.05) is 6.54 Å². The molecular formula is C15H16N2O3S. The van der Waals surface area contributed by atoms with E-state index in [0.717, 1.165) is 12.0 Å². The smallest absolute Gasteiger partial charge is 0.335 e. The highest BCUT2D eigenvalue weighted by Crippen LogP contribution is 2.06. The van der Waals surface area contributed by atoms with Gasteiger partial charge in [0.25, 0.3) is 0 Å². The molecule has 1 aromatic carbocycles. The van der Waals surface area contributed by atoms with Gasteiger partial charge in [0.2, 0.25) is 0 Å². The summed E-state index contributed by atoms with van der Waals surface area (Å²) in [6.45, 7) is 0.949. The first-order valence-electron chi connectivity index (χ1n) is 6.50. The average Bonchev–Trinajstić information content (AvgIpc) is 2.99. The van der Waals surface area contributed by atoms with Gasteiger partial charge >= 0.3 is 12.0 Å². The Bertz CT molecular complexity index is 594. The third-order valence-electron chi connectivity index (χ3n) is 2.93. The summed E-state index contributed by atoms with van der Waals surface area (Å²) in [5, 5.41) is 18.4. The minimum atomic E-state index is -0.958. The van der Waals surface area contributed by atoms with Crippen molar-refractivity contribution < 1.29 is 14.7 Å². The fourth-order valence-corrected chi connectivity index (χ4v) is 2.47. The van der Waals surface area contributed by atoms with Crippen molar-refractivity contribution in [3.8, 4) is 0 Å². The van der Waals surface area contributed by atoms with E-state index < -0.39 is 5.97 Å². The standard InChI is InChI=1S/C15H16N2O3S/c18-14(19)13-3-1-11(2-4-13)9-17-15(20)16-7-5-12-6-8-21-10-12/h1-4,6,8,10H,5,7,9H2,(H,18,19)(H2,16,17,20). The molecule has 1 aromatic heterocycles. The summed E-state index contributed by atoms with van der Waals surface area (Å²) >= 11 is 1.64. The maximum absolute atomic E-state index is 11.6. The van der Waals surface area contributed by atoms with Crippen molar-refractivity contribution in [3.05, 3.63) is 57.8 Å². The molecule has 6 heteroatoms. The largest absolute Gasteiger partial charge is 0.478 e. The molecule has 3 N–H and O–H groups in total. The molecule has 0 atom stereocenters. The number of rotatable bonds is 6. The molecule has 110 valence electrons. The third kappa shape index (κ3) is 4.92. The Balaban J connectivity index is 1.69. The minimum absolute atomic E-state index is 0.229. The Labute approximate surface area is 126 Å². The van der Waals surface area contributed by atoms with E-state index in [9.17, 15) is 9.59 Å². The van der Waals surface area contributed by atoms with Crippen molar-refractivity contribution in [3.63, 3.8) is 0 Å². The lowest BCUT2D eigenvalue weighted by Crippen LogP contribution is -2.36. The van der Waals surface area contributed by atoms with Gasteiger partial charge < -0.3 is 15.7 Å². The van der Waals surface area contributed by atoms with Crippen LogP contribution in [0.4, 0.5) is 4.79 Å². The number of carboxylic acid groups (broad SMARTS) is 1. The Kier molecular flexibility index (Phi) is 5.34. The fraction of sp³-hybridized carbons (Fsp3) is 0.200. The van der Waals surface area contributed by atoms with Crippen LogP contribution in [0.15, 0.2) is 41.1 Å². The zero-order chi connectivity index (χ0) is 15.1. The summed E-state index contributed by atoms with van der Waals surface area (Å²) in [5.74, 6) is -0.958. The highest BCUT2D eigenvalue weighted by molar-refractivity contribution is 7.07. The molecule has 21 heavy (non-hydrogen) atoms. The first-order valence-corrected chi connectivity index (χ1v) is 7.44. The molecule has 1 heterocycles. The molecule has 2 amide bonds. The van der Waals surface area contributed by atoms with Crippen LogP contribution in [-0.4, -0.2) is 23.7 Å². The normalized spacial score (nSPS) is 10.1. The molecule has 0 radical (unpaired) electrons. The number of nitrogens with one attached hydrogen (secondary N) is 2. The van der Waals surface area contributed by atoms with Crippen LogP contribution in [0, 0.1) is 0 Å². The maximum Gasteiger partial charge on any atom is 0.335 e. The molecule has 2 rings (SSSR count). The van der Waals surface area contributed by atoms with Crippen molar-refractivity contribution in [2.45, 2.75) is 13.0 Å². The molecule has 0 spiro atoms. The Hall–Kier alpha value is -2.34. The van der Waals surface area contributed by atoms with Gasteiger partial charge in [-0.2, -0.15) is 11.3 Å². The van der Waals surface area contributed by atoms with Crippen molar-refractivity contribution in [1.82, 2.24) is 10.6 Å². The van der Waals surface area contributed by atoms with Crippen LogP contribution < -0.4 is 10.6 Å². The number of hydrogen-bond acceptors (Lipinski definition) is 3. The summed E-state index contributed by atoms with van der Waals surface area (Å²) in [7, 11) is 0. The van der Waals surface area contributed by atoms with Gasteiger partial charge in [-0.15, -0.1) is 0 Å². The zero-order valence-electron chi connectivity index (χ0n) is 11.3. The Morgan fingerprint density at radius 1 is 1.05 bits per heavy atom. The minimum Gasteiger partial charge on any atom is -0.478 e. The van der Waals surface area contributed by atoms with Crippen molar-refractivity contribution >= 4 is 23.3 Å².